The number of ether oxygens (including phenoxy) is 1. The first-order chi connectivity index (χ1) is 8.84. The van der Waals surface area contributed by atoms with E-state index in [0.717, 1.165) is 34.6 Å². The first-order valence-corrected chi connectivity index (χ1v) is 6.82. The van der Waals surface area contributed by atoms with Crippen molar-refractivity contribution in [2.24, 2.45) is 0 Å². The summed E-state index contributed by atoms with van der Waals surface area (Å²) < 4.78 is 7.68. The molecule has 0 bridgehead atoms. The molecule has 0 unspecified atom stereocenters. The minimum atomic E-state index is 0.422. The Labute approximate surface area is 110 Å². The quantitative estimate of drug-likeness (QED) is 0.914. The van der Waals surface area contributed by atoms with Gasteiger partial charge in [-0.05, 0) is 18.6 Å². The number of rotatable bonds is 3. The molecule has 0 aliphatic carbocycles. The van der Waals surface area contributed by atoms with Crippen molar-refractivity contribution in [3.8, 4) is 5.75 Å². The maximum Gasteiger partial charge on any atom is 0.210 e. The zero-order chi connectivity index (χ0) is 12.4. The lowest BCUT2D eigenvalue weighted by Crippen LogP contribution is -2.25. The number of nitrogens with zero attached hydrogens (tertiary/aromatic N) is 3. The zero-order valence-corrected chi connectivity index (χ0v) is 10.9. The van der Waals surface area contributed by atoms with E-state index in [1.54, 1.807) is 11.8 Å². The first-order valence-electron chi connectivity index (χ1n) is 5.84. The fourth-order valence-corrected chi connectivity index (χ4v) is 2.58. The molecule has 0 amide bonds. The standard InChI is InChI=1S/C12H14N4OS/c1-9-4-2-3-5-10(9)17-8-11-14-15-12-16(11)13-6-7-18-12/h2-5,13H,6-8H2,1H3. The fourth-order valence-electron chi connectivity index (χ4n) is 1.81. The number of thioether (sulfide) groups is 1. The van der Waals surface area contributed by atoms with Gasteiger partial charge in [-0.1, -0.05) is 30.0 Å². The average Bonchev–Trinajstić information content (AvgIpc) is 2.81. The van der Waals surface area contributed by atoms with Crippen LogP contribution in [0.25, 0.3) is 0 Å². The van der Waals surface area contributed by atoms with Crippen molar-refractivity contribution in [1.29, 1.82) is 0 Å². The Morgan fingerprint density at radius 1 is 1.39 bits per heavy atom. The second kappa shape index (κ2) is 4.89. The molecule has 94 valence electrons. The lowest BCUT2D eigenvalue weighted by atomic mass is 10.2. The van der Waals surface area contributed by atoms with Gasteiger partial charge in [0.25, 0.3) is 0 Å². The number of nitrogens with one attached hydrogen (secondary N) is 1. The van der Waals surface area contributed by atoms with Crippen LogP contribution in [0.1, 0.15) is 11.4 Å². The second-order valence-electron chi connectivity index (χ2n) is 4.04. The van der Waals surface area contributed by atoms with E-state index in [2.05, 4.69) is 15.6 Å². The number of hydrogen-bond donors (Lipinski definition) is 1. The largest absolute Gasteiger partial charge is 0.485 e. The van der Waals surface area contributed by atoms with Crippen LogP contribution in [0.4, 0.5) is 0 Å². The molecular weight excluding hydrogens is 248 g/mol. The molecule has 1 N–H and O–H groups in total. The fraction of sp³-hybridized carbons (Fsp3) is 0.333. The predicted molar refractivity (Wildman–Crippen MR) is 70.5 cm³/mol. The smallest absolute Gasteiger partial charge is 0.210 e. The van der Waals surface area contributed by atoms with Crippen LogP contribution in [-0.4, -0.2) is 27.2 Å². The summed E-state index contributed by atoms with van der Waals surface area (Å²) in [6, 6.07) is 7.96. The number of hydrogen-bond acceptors (Lipinski definition) is 5. The molecule has 2 aromatic rings. The minimum Gasteiger partial charge on any atom is -0.485 e. The van der Waals surface area contributed by atoms with Crippen LogP contribution in [0.15, 0.2) is 29.4 Å². The number of aryl methyl sites for hydroxylation is 1. The molecule has 1 aromatic heterocycles. The van der Waals surface area contributed by atoms with Crippen molar-refractivity contribution in [3.05, 3.63) is 35.7 Å². The van der Waals surface area contributed by atoms with Crippen molar-refractivity contribution in [1.82, 2.24) is 14.9 Å². The summed E-state index contributed by atoms with van der Waals surface area (Å²) in [5.41, 5.74) is 4.38. The highest BCUT2D eigenvalue weighted by Crippen LogP contribution is 2.21. The van der Waals surface area contributed by atoms with Crippen LogP contribution < -0.4 is 10.2 Å². The number of aromatic nitrogens is 3. The van der Waals surface area contributed by atoms with Gasteiger partial charge < -0.3 is 10.2 Å². The molecule has 1 aromatic carbocycles. The molecule has 0 fully saturated rings. The van der Waals surface area contributed by atoms with Gasteiger partial charge in [-0.25, -0.2) is 4.68 Å². The summed E-state index contributed by atoms with van der Waals surface area (Å²) in [4.78, 5) is 0. The molecule has 6 heteroatoms. The van der Waals surface area contributed by atoms with Gasteiger partial charge in [-0.2, -0.15) is 0 Å². The molecule has 18 heavy (non-hydrogen) atoms. The highest BCUT2D eigenvalue weighted by atomic mass is 32.2. The molecule has 3 rings (SSSR count). The van der Waals surface area contributed by atoms with Crippen molar-refractivity contribution in [3.63, 3.8) is 0 Å². The normalized spacial score (nSPS) is 13.8. The highest BCUT2D eigenvalue weighted by molar-refractivity contribution is 7.99. The van der Waals surface area contributed by atoms with Crippen molar-refractivity contribution >= 4 is 11.8 Å². The van der Waals surface area contributed by atoms with Crippen LogP contribution in [0, 0.1) is 6.92 Å². The molecule has 1 aliphatic rings. The average molecular weight is 262 g/mol. The maximum absolute atomic E-state index is 5.77. The molecule has 1 aliphatic heterocycles. The van der Waals surface area contributed by atoms with Crippen LogP contribution in [0.3, 0.4) is 0 Å². The summed E-state index contributed by atoms with van der Waals surface area (Å²) in [6.07, 6.45) is 0. The van der Waals surface area contributed by atoms with Crippen molar-refractivity contribution < 1.29 is 4.74 Å². The lowest BCUT2D eigenvalue weighted by molar-refractivity contribution is 0.288. The number of fused-ring (bicyclic) bond motifs is 1. The van der Waals surface area contributed by atoms with Gasteiger partial charge in [-0.3, -0.25) is 0 Å². The zero-order valence-electron chi connectivity index (χ0n) is 10.1. The maximum atomic E-state index is 5.77. The summed E-state index contributed by atoms with van der Waals surface area (Å²) in [7, 11) is 0. The third kappa shape index (κ3) is 2.15. The van der Waals surface area contributed by atoms with E-state index in [1.807, 2.05) is 35.9 Å². The highest BCUT2D eigenvalue weighted by Gasteiger charge is 2.16. The molecule has 2 heterocycles. The van der Waals surface area contributed by atoms with Gasteiger partial charge in [0.1, 0.15) is 12.4 Å². The summed E-state index contributed by atoms with van der Waals surface area (Å²) in [5, 5.41) is 9.18. The van der Waals surface area contributed by atoms with Gasteiger partial charge >= 0.3 is 0 Å². The molecule has 0 saturated heterocycles. The first kappa shape index (κ1) is 11.4. The molecule has 5 nitrogen and oxygen atoms in total. The van der Waals surface area contributed by atoms with Crippen LogP contribution in [0.5, 0.6) is 5.75 Å². The Hall–Kier alpha value is -1.69. The molecule has 0 saturated carbocycles. The topological polar surface area (TPSA) is 52.0 Å². The van der Waals surface area contributed by atoms with E-state index >= 15 is 0 Å². The molecule has 0 atom stereocenters. The number of para-hydroxylation sites is 1. The summed E-state index contributed by atoms with van der Waals surface area (Å²) in [6.45, 7) is 3.38. The molecule has 0 spiro atoms. The number of benzene rings is 1. The predicted octanol–water partition coefficient (Wildman–Crippen LogP) is 1.81. The Bertz CT molecular complexity index is 555. The Kier molecular flexibility index (Phi) is 3.10. The third-order valence-corrected chi connectivity index (χ3v) is 3.68. The van der Waals surface area contributed by atoms with Crippen LogP contribution >= 0.6 is 11.8 Å². The van der Waals surface area contributed by atoms with Crippen LogP contribution in [0.2, 0.25) is 0 Å². The SMILES string of the molecule is Cc1ccccc1OCc1nnc2n1NCCS2. The van der Waals surface area contributed by atoms with E-state index < -0.39 is 0 Å². The molecular formula is C12H14N4OS. The van der Waals surface area contributed by atoms with E-state index in [-0.39, 0.29) is 0 Å². The summed E-state index contributed by atoms with van der Waals surface area (Å²) in [5.74, 6) is 2.72. The monoisotopic (exact) mass is 262 g/mol. The van der Waals surface area contributed by atoms with Gasteiger partial charge in [-0.15, -0.1) is 10.2 Å². The minimum absolute atomic E-state index is 0.422. The lowest BCUT2D eigenvalue weighted by Gasteiger charge is -2.16. The van der Waals surface area contributed by atoms with Gasteiger partial charge in [0, 0.05) is 12.3 Å². The Morgan fingerprint density at radius 3 is 3.17 bits per heavy atom. The van der Waals surface area contributed by atoms with E-state index in [4.69, 9.17) is 4.74 Å². The van der Waals surface area contributed by atoms with Gasteiger partial charge in [0.15, 0.2) is 5.82 Å². The van der Waals surface area contributed by atoms with Gasteiger partial charge in [0.05, 0.1) is 0 Å². The van der Waals surface area contributed by atoms with Crippen molar-refractivity contribution in [2.75, 3.05) is 17.7 Å². The van der Waals surface area contributed by atoms with Crippen LogP contribution in [-0.2, 0) is 6.61 Å². The second-order valence-corrected chi connectivity index (χ2v) is 5.11. The van der Waals surface area contributed by atoms with Crippen molar-refractivity contribution in [2.45, 2.75) is 18.7 Å². The summed E-state index contributed by atoms with van der Waals surface area (Å²) >= 11 is 1.71. The van der Waals surface area contributed by atoms with E-state index in [1.165, 1.54) is 0 Å². The Balaban J connectivity index is 1.74. The Morgan fingerprint density at radius 2 is 2.28 bits per heavy atom. The van der Waals surface area contributed by atoms with Gasteiger partial charge in [0.2, 0.25) is 5.16 Å². The molecule has 0 radical (unpaired) electrons. The van der Waals surface area contributed by atoms with E-state index in [0.29, 0.717) is 6.61 Å². The third-order valence-electron chi connectivity index (χ3n) is 2.75. The van der Waals surface area contributed by atoms with E-state index in [9.17, 15) is 0 Å².